The Morgan fingerprint density at radius 2 is 2.33 bits per heavy atom. The largest absolute Gasteiger partial charge is 0.479 e. The van der Waals surface area contributed by atoms with Gasteiger partial charge in [-0.25, -0.2) is 4.79 Å². The van der Waals surface area contributed by atoms with Crippen LogP contribution in [0.4, 0.5) is 0 Å². The van der Waals surface area contributed by atoms with Crippen molar-refractivity contribution in [2.75, 3.05) is 7.11 Å². The SMILES string of the molecule is COC(C(=O)O)C1(c2occc2C)CC1. The predicted octanol–water partition coefficient (Wildman–Crippen LogP) is 1.72. The standard InChI is InChI=1S/C11H14O4/c1-7-3-6-15-8(7)11(4-5-11)9(14-2)10(12)13/h3,6,9H,4-5H2,1-2H3,(H,12,13). The van der Waals surface area contributed by atoms with Crippen LogP contribution in [-0.4, -0.2) is 24.3 Å². The van der Waals surface area contributed by atoms with Gasteiger partial charge in [0.25, 0.3) is 0 Å². The Morgan fingerprint density at radius 3 is 2.67 bits per heavy atom. The quantitative estimate of drug-likeness (QED) is 0.822. The molecule has 0 spiro atoms. The Balaban J connectivity index is 2.35. The van der Waals surface area contributed by atoms with Gasteiger partial charge in [-0.3, -0.25) is 0 Å². The molecular weight excluding hydrogens is 196 g/mol. The molecule has 1 aromatic heterocycles. The second kappa shape index (κ2) is 3.38. The van der Waals surface area contributed by atoms with E-state index < -0.39 is 17.5 Å². The molecule has 4 heteroatoms. The summed E-state index contributed by atoms with van der Waals surface area (Å²) < 4.78 is 10.4. The van der Waals surface area contributed by atoms with Crippen molar-refractivity contribution in [3.63, 3.8) is 0 Å². The lowest BCUT2D eigenvalue weighted by Crippen LogP contribution is -2.35. The van der Waals surface area contributed by atoms with Crippen LogP contribution in [0.3, 0.4) is 0 Å². The molecule has 2 rings (SSSR count). The van der Waals surface area contributed by atoms with Crippen molar-refractivity contribution in [2.45, 2.75) is 31.3 Å². The average molecular weight is 210 g/mol. The van der Waals surface area contributed by atoms with Crippen LogP contribution in [0.25, 0.3) is 0 Å². The lowest BCUT2D eigenvalue weighted by atomic mass is 9.93. The van der Waals surface area contributed by atoms with Gasteiger partial charge >= 0.3 is 5.97 Å². The maximum Gasteiger partial charge on any atom is 0.333 e. The van der Waals surface area contributed by atoms with Gasteiger partial charge in [-0.15, -0.1) is 0 Å². The molecule has 1 aliphatic carbocycles. The van der Waals surface area contributed by atoms with Crippen LogP contribution < -0.4 is 0 Å². The van der Waals surface area contributed by atoms with E-state index in [9.17, 15) is 4.79 Å². The van der Waals surface area contributed by atoms with E-state index in [1.807, 2.05) is 13.0 Å². The van der Waals surface area contributed by atoms with E-state index in [4.69, 9.17) is 14.3 Å². The third kappa shape index (κ3) is 1.45. The van der Waals surface area contributed by atoms with E-state index >= 15 is 0 Å². The molecule has 0 amide bonds. The summed E-state index contributed by atoms with van der Waals surface area (Å²) in [5, 5.41) is 9.07. The van der Waals surface area contributed by atoms with Crippen molar-refractivity contribution in [2.24, 2.45) is 0 Å². The van der Waals surface area contributed by atoms with E-state index in [-0.39, 0.29) is 0 Å². The molecule has 15 heavy (non-hydrogen) atoms. The Kier molecular flexibility index (Phi) is 2.31. The number of carboxylic acid groups (broad SMARTS) is 1. The highest BCUT2D eigenvalue weighted by molar-refractivity contribution is 5.76. The lowest BCUT2D eigenvalue weighted by molar-refractivity contribution is -0.151. The Bertz CT molecular complexity index is 376. The number of aliphatic carboxylic acids is 1. The molecule has 0 saturated heterocycles. The van der Waals surface area contributed by atoms with Crippen LogP contribution in [0, 0.1) is 6.92 Å². The third-order valence-corrected chi connectivity index (χ3v) is 3.06. The van der Waals surface area contributed by atoms with E-state index in [0.29, 0.717) is 0 Å². The fourth-order valence-corrected chi connectivity index (χ4v) is 2.19. The summed E-state index contributed by atoms with van der Waals surface area (Å²) in [5.74, 6) is -0.164. The first kappa shape index (κ1) is 10.2. The number of carboxylic acids is 1. The van der Waals surface area contributed by atoms with Crippen molar-refractivity contribution in [3.05, 3.63) is 23.7 Å². The highest BCUT2D eigenvalue weighted by Gasteiger charge is 2.57. The number of carbonyl (C=O) groups is 1. The maximum absolute atomic E-state index is 11.1. The second-order valence-corrected chi connectivity index (χ2v) is 4.04. The summed E-state index contributed by atoms with van der Waals surface area (Å²) in [6.07, 6.45) is 2.42. The maximum atomic E-state index is 11.1. The lowest BCUT2D eigenvalue weighted by Gasteiger charge is -2.20. The van der Waals surface area contributed by atoms with Gasteiger partial charge in [-0.1, -0.05) is 0 Å². The molecule has 1 saturated carbocycles. The summed E-state index contributed by atoms with van der Waals surface area (Å²) >= 11 is 0. The number of furan rings is 1. The number of aryl methyl sites for hydroxylation is 1. The predicted molar refractivity (Wildman–Crippen MR) is 52.8 cm³/mol. The van der Waals surface area contributed by atoms with Crippen LogP contribution in [0.2, 0.25) is 0 Å². The molecule has 1 unspecified atom stereocenters. The highest BCUT2D eigenvalue weighted by Crippen LogP contribution is 2.53. The normalized spacial score (nSPS) is 19.9. The Labute approximate surface area is 87.8 Å². The third-order valence-electron chi connectivity index (χ3n) is 3.06. The molecular formula is C11H14O4. The monoisotopic (exact) mass is 210 g/mol. The second-order valence-electron chi connectivity index (χ2n) is 4.04. The fourth-order valence-electron chi connectivity index (χ4n) is 2.19. The molecule has 1 N–H and O–H groups in total. The molecule has 1 fully saturated rings. The summed E-state index contributed by atoms with van der Waals surface area (Å²) in [7, 11) is 1.43. The molecule has 1 heterocycles. The van der Waals surface area contributed by atoms with Crippen LogP contribution in [-0.2, 0) is 14.9 Å². The Hall–Kier alpha value is -1.29. The number of ether oxygens (including phenoxy) is 1. The zero-order valence-corrected chi connectivity index (χ0v) is 8.82. The minimum Gasteiger partial charge on any atom is -0.479 e. The summed E-state index contributed by atoms with van der Waals surface area (Å²) in [4.78, 5) is 11.1. The molecule has 0 aliphatic heterocycles. The molecule has 0 bridgehead atoms. The van der Waals surface area contributed by atoms with Gasteiger partial charge in [-0.05, 0) is 31.4 Å². The molecule has 0 radical (unpaired) electrons. The number of hydrogen-bond acceptors (Lipinski definition) is 3. The minimum absolute atomic E-state index is 0.436. The van der Waals surface area contributed by atoms with Gasteiger partial charge in [0.15, 0.2) is 6.10 Å². The summed E-state index contributed by atoms with van der Waals surface area (Å²) in [6, 6.07) is 1.85. The smallest absolute Gasteiger partial charge is 0.333 e. The highest BCUT2D eigenvalue weighted by atomic mass is 16.5. The molecule has 0 aromatic carbocycles. The van der Waals surface area contributed by atoms with Gasteiger partial charge in [-0.2, -0.15) is 0 Å². The first-order valence-corrected chi connectivity index (χ1v) is 4.92. The summed E-state index contributed by atoms with van der Waals surface area (Å²) in [6.45, 7) is 1.92. The van der Waals surface area contributed by atoms with Crippen molar-refractivity contribution < 1.29 is 19.1 Å². The van der Waals surface area contributed by atoms with Crippen molar-refractivity contribution in [1.29, 1.82) is 0 Å². The first-order valence-electron chi connectivity index (χ1n) is 4.92. The van der Waals surface area contributed by atoms with Crippen LogP contribution >= 0.6 is 0 Å². The summed E-state index contributed by atoms with van der Waals surface area (Å²) in [5.41, 5.74) is 0.560. The molecule has 1 aliphatic rings. The van der Waals surface area contributed by atoms with Crippen molar-refractivity contribution in [1.82, 2.24) is 0 Å². The van der Waals surface area contributed by atoms with Gasteiger partial charge in [0.2, 0.25) is 0 Å². The number of methoxy groups -OCH3 is 1. The van der Waals surface area contributed by atoms with Crippen LogP contribution in [0.5, 0.6) is 0 Å². The minimum atomic E-state index is -0.925. The number of rotatable bonds is 4. The van der Waals surface area contributed by atoms with Gasteiger partial charge in [0, 0.05) is 7.11 Å². The van der Waals surface area contributed by atoms with E-state index in [0.717, 1.165) is 24.2 Å². The molecule has 4 nitrogen and oxygen atoms in total. The fraction of sp³-hybridized carbons (Fsp3) is 0.545. The van der Waals surface area contributed by atoms with E-state index in [2.05, 4.69) is 0 Å². The molecule has 1 aromatic rings. The average Bonchev–Trinajstić information content (AvgIpc) is 2.83. The Morgan fingerprint density at radius 1 is 1.67 bits per heavy atom. The van der Waals surface area contributed by atoms with Crippen LogP contribution in [0.15, 0.2) is 16.7 Å². The first-order chi connectivity index (χ1) is 7.12. The number of hydrogen-bond donors (Lipinski definition) is 1. The zero-order chi connectivity index (χ0) is 11.1. The van der Waals surface area contributed by atoms with E-state index in [1.54, 1.807) is 6.26 Å². The van der Waals surface area contributed by atoms with Crippen LogP contribution in [0.1, 0.15) is 24.2 Å². The van der Waals surface area contributed by atoms with Crippen molar-refractivity contribution in [3.8, 4) is 0 Å². The molecule has 1 atom stereocenters. The topological polar surface area (TPSA) is 59.7 Å². The zero-order valence-electron chi connectivity index (χ0n) is 8.82. The van der Waals surface area contributed by atoms with Crippen molar-refractivity contribution >= 4 is 5.97 Å². The molecule has 82 valence electrons. The van der Waals surface area contributed by atoms with Gasteiger partial charge in [0.05, 0.1) is 11.7 Å². The van der Waals surface area contributed by atoms with Gasteiger partial charge < -0.3 is 14.3 Å². The van der Waals surface area contributed by atoms with Gasteiger partial charge in [0.1, 0.15) is 5.76 Å². The van der Waals surface area contributed by atoms with E-state index in [1.165, 1.54) is 7.11 Å².